The summed E-state index contributed by atoms with van der Waals surface area (Å²) in [7, 11) is 4.58. The highest BCUT2D eigenvalue weighted by atomic mass is 16.5. The zero-order valence-electron chi connectivity index (χ0n) is 20.5. The summed E-state index contributed by atoms with van der Waals surface area (Å²) in [6, 6.07) is 14.3. The highest BCUT2D eigenvalue weighted by Crippen LogP contribution is 2.38. The smallest absolute Gasteiger partial charge is 0.271 e. The number of hydrogen-bond donors (Lipinski definition) is 0. The third kappa shape index (κ3) is 5.08. The van der Waals surface area contributed by atoms with E-state index in [0.29, 0.717) is 48.3 Å². The molecular formula is C26H30N4O5. The van der Waals surface area contributed by atoms with Crippen molar-refractivity contribution in [2.75, 3.05) is 52.4 Å². The van der Waals surface area contributed by atoms with Gasteiger partial charge in [0.25, 0.3) is 11.5 Å². The van der Waals surface area contributed by atoms with E-state index in [9.17, 15) is 9.59 Å². The standard InChI is InChI=1S/C26H30N4O5/c1-18-6-8-20(9-7-18)30-24(31)11-10-23(27-30)28-12-5-13-29(15-14-28)26(32)19-16-21(33-2)25(35-4)22(17-19)34-3/h6-11,16-17H,5,12-15H2,1-4H3. The lowest BCUT2D eigenvalue weighted by Crippen LogP contribution is -2.36. The number of amides is 1. The van der Waals surface area contributed by atoms with Crippen molar-refractivity contribution in [1.29, 1.82) is 0 Å². The molecule has 9 heteroatoms. The van der Waals surface area contributed by atoms with Crippen LogP contribution >= 0.6 is 0 Å². The van der Waals surface area contributed by atoms with Crippen LogP contribution in [0.15, 0.2) is 53.3 Å². The van der Waals surface area contributed by atoms with Crippen LogP contribution in [-0.2, 0) is 0 Å². The molecule has 9 nitrogen and oxygen atoms in total. The van der Waals surface area contributed by atoms with E-state index in [1.54, 1.807) is 18.2 Å². The van der Waals surface area contributed by atoms with Crippen LogP contribution in [0, 0.1) is 6.92 Å². The van der Waals surface area contributed by atoms with Gasteiger partial charge in [-0.3, -0.25) is 9.59 Å². The summed E-state index contributed by atoms with van der Waals surface area (Å²) in [5, 5.41) is 4.61. The summed E-state index contributed by atoms with van der Waals surface area (Å²) in [5.41, 5.74) is 2.12. The number of aryl methyl sites for hydroxylation is 1. The lowest BCUT2D eigenvalue weighted by atomic mass is 10.1. The van der Waals surface area contributed by atoms with Crippen molar-refractivity contribution >= 4 is 11.7 Å². The Kier molecular flexibility index (Phi) is 7.24. The number of carbonyl (C=O) groups is 1. The average Bonchev–Trinajstić information content (AvgIpc) is 3.14. The van der Waals surface area contributed by atoms with Crippen molar-refractivity contribution in [3.63, 3.8) is 0 Å². The summed E-state index contributed by atoms with van der Waals surface area (Å²) in [6.45, 7) is 4.43. The fourth-order valence-electron chi connectivity index (χ4n) is 4.18. The highest BCUT2D eigenvalue weighted by molar-refractivity contribution is 5.95. The van der Waals surface area contributed by atoms with Crippen molar-refractivity contribution in [3.8, 4) is 22.9 Å². The molecule has 1 fully saturated rings. The molecule has 0 spiro atoms. The van der Waals surface area contributed by atoms with E-state index in [-0.39, 0.29) is 11.5 Å². The molecule has 1 saturated heterocycles. The van der Waals surface area contributed by atoms with Gasteiger partial charge in [-0.15, -0.1) is 5.10 Å². The Labute approximate surface area is 204 Å². The molecule has 1 aliphatic rings. The lowest BCUT2D eigenvalue weighted by molar-refractivity contribution is 0.0766. The molecule has 4 rings (SSSR count). The van der Waals surface area contributed by atoms with Gasteiger partial charge in [0, 0.05) is 37.8 Å². The number of methoxy groups -OCH3 is 3. The zero-order valence-corrected chi connectivity index (χ0v) is 20.5. The molecule has 3 aromatic rings. The SMILES string of the molecule is COc1cc(C(=O)N2CCCN(c3ccc(=O)n(-c4ccc(C)cc4)n3)CC2)cc(OC)c1OC. The van der Waals surface area contributed by atoms with Gasteiger partial charge in [0.1, 0.15) is 5.82 Å². The second kappa shape index (κ2) is 10.5. The van der Waals surface area contributed by atoms with Crippen LogP contribution in [0.3, 0.4) is 0 Å². The molecule has 2 aromatic carbocycles. The average molecular weight is 479 g/mol. The maximum absolute atomic E-state index is 13.3. The van der Waals surface area contributed by atoms with Crippen LogP contribution < -0.4 is 24.7 Å². The van der Waals surface area contributed by atoms with E-state index in [0.717, 1.165) is 24.2 Å². The monoisotopic (exact) mass is 478 g/mol. The first-order valence-corrected chi connectivity index (χ1v) is 11.5. The van der Waals surface area contributed by atoms with E-state index in [2.05, 4.69) is 10.00 Å². The van der Waals surface area contributed by atoms with Gasteiger partial charge in [-0.25, -0.2) is 0 Å². The molecular weight excluding hydrogens is 448 g/mol. The number of ether oxygens (including phenoxy) is 3. The predicted octanol–water partition coefficient (Wildman–Crippen LogP) is 2.92. The number of nitrogens with zero attached hydrogens (tertiary/aromatic N) is 4. The van der Waals surface area contributed by atoms with Gasteiger partial charge in [0.05, 0.1) is 27.0 Å². The Bertz CT molecular complexity index is 1230. The number of anilines is 1. The normalized spacial score (nSPS) is 13.8. The van der Waals surface area contributed by atoms with E-state index < -0.39 is 0 Å². The molecule has 1 amide bonds. The van der Waals surface area contributed by atoms with E-state index in [4.69, 9.17) is 14.2 Å². The molecule has 184 valence electrons. The minimum absolute atomic E-state index is 0.108. The number of rotatable bonds is 6. The van der Waals surface area contributed by atoms with Crippen molar-refractivity contribution in [3.05, 3.63) is 70.0 Å². The Hall–Kier alpha value is -4.01. The molecule has 2 heterocycles. The van der Waals surface area contributed by atoms with Gasteiger partial charge in [-0.1, -0.05) is 17.7 Å². The zero-order chi connectivity index (χ0) is 24.9. The van der Waals surface area contributed by atoms with Crippen LogP contribution in [0.1, 0.15) is 22.3 Å². The number of benzene rings is 2. The highest BCUT2D eigenvalue weighted by Gasteiger charge is 2.24. The maximum atomic E-state index is 13.3. The summed E-state index contributed by atoms with van der Waals surface area (Å²) in [5.74, 6) is 1.92. The molecule has 0 atom stereocenters. The van der Waals surface area contributed by atoms with Crippen LogP contribution in [-0.4, -0.2) is 68.1 Å². The second-order valence-corrected chi connectivity index (χ2v) is 8.32. The quantitative estimate of drug-likeness (QED) is 0.538. The largest absolute Gasteiger partial charge is 0.493 e. The third-order valence-corrected chi connectivity index (χ3v) is 6.08. The fourth-order valence-corrected chi connectivity index (χ4v) is 4.18. The fraction of sp³-hybridized carbons (Fsp3) is 0.346. The Balaban J connectivity index is 1.53. The molecule has 0 saturated carbocycles. The molecule has 0 N–H and O–H groups in total. The van der Waals surface area contributed by atoms with Crippen LogP contribution in [0.4, 0.5) is 5.82 Å². The summed E-state index contributed by atoms with van der Waals surface area (Å²) in [4.78, 5) is 29.7. The third-order valence-electron chi connectivity index (χ3n) is 6.08. The molecule has 0 unspecified atom stereocenters. The number of carbonyl (C=O) groups excluding carboxylic acids is 1. The van der Waals surface area contributed by atoms with Crippen LogP contribution in [0.2, 0.25) is 0 Å². The van der Waals surface area contributed by atoms with Crippen LogP contribution in [0.5, 0.6) is 17.2 Å². The van der Waals surface area contributed by atoms with E-state index >= 15 is 0 Å². The molecule has 0 aliphatic carbocycles. The van der Waals surface area contributed by atoms with E-state index in [1.807, 2.05) is 36.1 Å². The first-order valence-electron chi connectivity index (χ1n) is 11.5. The Morgan fingerprint density at radius 3 is 2.17 bits per heavy atom. The van der Waals surface area contributed by atoms with Crippen molar-refractivity contribution in [1.82, 2.24) is 14.7 Å². The van der Waals surface area contributed by atoms with Gasteiger partial charge in [0.15, 0.2) is 11.5 Å². The Morgan fingerprint density at radius 1 is 0.857 bits per heavy atom. The molecule has 1 aromatic heterocycles. The summed E-state index contributed by atoms with van der Waals surface area (Å²) >= 11 is 0. The van der Waals surface area contributed by atoms with Crippen molar-refractivity contribution < 1.29 is 19.0 Å². The first-order chi connectivity index (χ1) is 16.9. The molecule has 1 aliphatic heterocycles. The predicted molar refractivity (Wildman–Crippen MR) is 133 cm³/mol. The first kappa shape index (κ1) is 24.1. The molecule has 0 radical (unpaired) electrons. The van der Waals surface area contributed by atoms with E-state index in [1.165, 1.54) is 32.1 Å². The summed E-state index contributed by atoms with van der Waals surface area (Å²) < 4.78 is 17.6. The van der Waals surface area contributed by atoms with Crippen molar-refractivity contribution in [2.45, 2.75) is 13.3 Å². The van der Waals surface area contributed by atoms with Crippen LogP contribution in [0.25, 0.3) is 5.69 Å². The van der Waals surface area contributed by atoms with Gasteiger partial charge in [-0.2, -0.15) is 4.68 Å². The summed E-state index contributed by atoms with van der Waals surface area (Å²) in [6.07, 6.45) is 0.765. The van der Waals surface area contributed by atoms with Gasteiger partial charge < -0.3 is 24.0 Å². The minimum atomic E-state index is -0.188. The number of hydrogen-bond acceptors (Lipinski definition) is 7. The molecule has 35 heavy (non-hydrogen) atoms. The maximum Gasteiger partial charge on any atom is 0.271 e. The van der Waals surface area contributed by atoms with Gasteiger partial charge in [-0.05, 0) is 43.7 Å². The lowest BCUT2D eigenvalue weighted by Gasteiger charge is -2.23. The second-order valence-electron chi connectivity index (χ2n) is 8.32. The van der Waals surface area contributed by atoms with Crippen molar-refractivity contribution in [2.24, 2.45) is 0 Å². The topological polar surface area (TPSA) is 86.1 Å². The number of aromatic nitrogens is 2. The minimum Gasteiger partial charge on any atom is -0.493 e. The molecule has 0 bridgehead atoms. The Morgan fingerprint density at radius 2 is 1.54 bits per heavy atom. The van der Waals surface area contributed by atoms with Gasteiger partial charge in [0.2, 0.25) is 5.75 Å². The van der Waals surface area contributed by atoms with Gasteiger partial charge >= 0.3 is 0 Å².